The first-order valence-electron chi connectivity index (χ1n) is 8.61. The first-order chi connectivity index (χ1) is 13.2. The minimum absolute atomic E-state index is 0.0107. The van der Waals surface area contributed by atoms with E-state index in [1.165, 1.54) is 24.7 Å². The molecule has 0 spiro atoms. The summed E-state index contributed by atoms with van der Waals surface area (Å²) in [6.07, 6.45) is 1.48. The number of aliphatic hydroxyl groups excluding tert-OH is 1. The van der Waals surface area contributed by atoms with Crippen LogP contribution in [0.5, 0.6) is 0 Å². The SMILES string of the molecule is CC(CO)n1c(=O)c2c(-c3noc(C(C)(C)O)n3)ncn2c2cccc(Cl)c21. The van der Waals surface area contributed by atoms with Crippen LogP contribution in [0.15, 0.2) is 33.8 Å². The van der Waals surface area contributed by atoms with Crippen molar-refractivity contribution in [3.63, 3.8) is 0 Å². The second kappa shape index (κ2) is 6.40. The number of nitrogens with zero attached hydrogens (tertiary/aromatic N) is 5. The third-order valence-corrected chi connectivity index (χ3v) is 4.83. The lowest BCUT2D eigenvalue weighted by molar-refractivity contribution is 0.0420. The summed E-state index contributed by atoms with van der Waals surface area (Å²) < 4.78 is 8.17. The van der Waals surface area contributed by atoms with Crippen LogP contribution in [0.2, 0.25) is 5.02 Å². The summed E-state index contributed by atoms with van der Waals surface area (Å²) in [4.78, 5) is 21.8. The highest BCUT2D eigenvalue weighted by Gasteiger charge is 2.27. The van der Waals surface area contributed by atoms with Crippen LogP contribution in [0.25, 0.3) is 28.1 Å². The van der Waals surface area contributed by atoms with Crippen LogP contribution < -0.4 is 5.56 Å². The zero-order valence-corrected chi connectivity index (χ0v) is 16.2. The predicted octanol–water partition coefficient (Wildman–Crippen LogP) is 2.13. The molecule has 9 nitrogen and oxygen atoms in total. The van der Waals surface area contributed by atoms with E-state index >= 15 is 0 Å². The van der Waals surface area contributed by atoms with Gasteiger partial charge in [-0.3, -0.25) is 13.8 Å². The van der Waals surface area contributed by atoms with Gasteiger partial charge in [-0.2, -0.15) is 4.98 Å². The average Bonchev–Trinajstić information content (AvgIpc) is 3.29. The Hall–Kier alpha value is -2.75. The number of para-hydroxylation sites is 1. The molecule has 0 saturated heterocycles. The molecule has 0 bridgehead atoms. The lowest BCUT2D eigenvalue weighted by Gasteiger charge is -2.18. The maximum Gasteiger partial charge on any atom is 0.278 e. The molecule has 0 aliphatic heterocycles. The van der Waals surface area contributed by atoms with E-state index in [1.807, 2.05) is 0 Å². The summed E-state index contributed by atoms with van der Waals surface area (Å²) in [5.41, 5.74) is -0.149. The number of hydrogen-bond donors (Lipinski definition) is 2. The lowest BCUT2D eigenvalue weighted by atomic mass is 10.1. The molecular weight excluding hydrogens is 386 g/mol. The number of aromatic nitrogens is 5. The Bertz CT molecular complexity index is 1250. The molecule has 10 heteroatoms. The number of imidazole rings is 1. The fourth-order valence-corrected chi connectivity index (χ4v) is 3.38. The van der Waals surface area contributed by atoms with Gasteiger partial charge >= 0.3 is 0 Å². The normalized spacial score (nSPS) is 13.5. The van der Waals surface area contributed by atoms with E-state index < -0.39 is 17.2 Å². The van der Waals surface area contributed by atoms with Crippen molar-refractivity contribution in [2.24, 2.45) is 0 Å². The van der Waals surface area contributed by atoms with E-state index in [0.717, 1.165) is 0 Å². The van der Waals surface area contributed by atoms with E-state index in [4.69, 9.17) is 16.1 Å². The Balaban J connectivity index is 2.10. The van der Waals surface area contributed by atoms with E-state index in [9.17, 15) is 15.0 Å². The van der Waals surface area contributed by atoms with Gasteiger partial charge in [-0.15, -0.1) is 0 Å². The molecule has 3 heterocycles. The van der Waals surface area contributed by atoms with Gasteiger partial charge in [-0.1, -0.05) is 22.8 Å². The number of aliphatic hydroxyl groups is 2. The highest BCUT2D eigenvalue weighted by molar-refractivity contribution is 6.35. The largest absolute Gasteiger partial charge is 0.394 e. The molecule has 2 N–H and O–H groups in total. The van der Waals surface area contributed by atoms with Gasteiger partial charge < -0.3 is 14.7 Å². The first-order valence-corrected chi connectivity index (χ1v) is 8.99. The third-order valence-electron chi connectivity index (χ3n) is 4.52. The van der Waals surface area contributed by atoms with E-state index in [2.05, 4.69) is 15.1 Å². The van der Waals surface area contributed by atoms with Crippen LogP contribution in [0, 0.1) is 0 Å². The second-order valence-electron chi connectivity index (χ2n) is 7.11. The van der Waals surface area contributed by atoms with Gasteiger partial charge in [0.15, 0.2) is 0 Å². The Morgan fingerprint density at radius 2 is 2.07 bits per heavy atom. The van der Waals surface area contributed by atoms with E-state index in [0.29, 0.717) is 16.1 Å². The van der Waals surface area contributed by atoms with Crippen molar-refractivity contribution in [2.45, 2.75) is 32.4 Å². The molecule has 0 aliphatic rings. The van der Waals surface area contributed by atoms with Crippen molar-refractivity contribution in [2.75, 3.05) is 6.61 Å². The molecule has 146 valence electrons. The molecule has 0 saturated carbocycles. The lowest BCUT2D eigenvalue weighted by Crippen LogP contribution is -2.27. The summed E-state index contributed by atoms with van der Waals surface area (Å²) in [7, 11) is 0. The quantitative estimate of drug-likeness (QED) is 0.535. The number of rotatable bonds is 4. The van der Waals surface area contributed by atoms with Crippen LogP contribution in [0.3, 0.4) is 0 Å². The summed E-state index contributed by atoms with van der Waals surface area (Å²) in [6.45, 7) is 4.50. The van der Waals surface area contributed by atoms with Crippen molar-refractivity contribution >= 4 is 28.2 Å². The van der Waals surface area contributed by atoms with Crippen molar-refractivity contribution in [3.05, 3.63) is 45.8 Å². The minimum atomic E-state index is -1.33. The van der Waals surface area contributed by atoms with Gasteiger partial charge in [0.2, 0.25) is 5.82 Å². The zero-order chi connectivity index (χ0) is 20.2. The molecule has 0 fully saturated rings. The molecule has 1 aromatic carbocycles. The topological polar surface area (TPSA) is 119 Å². The van der Waals surface area contributed by atoms with Crippen molar-refractivity contribution in [3.8, 4) is 11.5 Å². The van der Waals surface area contributed by atoms with Crippen LogP contribution in [-0.2, 0) is 5.60 Å². The predicted molar refractivity (Wildman–Crippen MR) is 102 cm³/mol. The smallest absolute Gasteiger partial charge is 0.278 e. The summed E-state index contributed by atoms with van der Waals surface area (Å²) in [6, 6.07) is 4.74. The average molecular weight is 404 g/mol. The number of fused-ring (bicyclic) bond motifs is 3. The van der Waals surface area contributed by atoms with Crippen LogP contribution >= 0.6 is 11.6 Å². The van der Waals surface area contributed by atoms with Crippen molar-refractivity contribution < 1.29 is 14.7 Å². The maximum absolute atomic E-state index is 13.4. The molecule has 4 rings (SSSR count). The van der Waals surface area contributed by atoms with E-state index in [-0.39, 0.29) is 29.5 Å². The van der Waals surface area contributed by atoms with Gasteiger partial charge in [0, 0.05) is 0 Å². The molecular formula is C18H18ClN5O4. The number of halogens is 1. The van der Waals surface area contributed by atoms with Gasteiger partial charge in [-0.05, 0) is 32.9 Å². The van der Waals surface area contributed by atoms with Crippen molar-refractivity contribution in [1.29, 1.82) is 0 Å². The number of benzene rings is 1. The second-order valence-corrected chi connectivity index (χ2v) is 7.52. The van der Waals surface area contributed by atoms with Gasteiger partial charge in [0.25, 0.3) is 11.4 Å². The molecule has 3 aromatic heterocycles. The van der Waals surface area contributed by atoms with Crippen LogP contribution in [0.4, 0.5) is 0 Å². The van der Waals surface area contributed by atoms with Crippen LogP contribution in [-0.4, -0.2) is 40.9 Å². The van der Waals surface area contributed by atoms with Gasteiger partial charge in [0.05, 0.1) is 28.7 Å². The first kappa shape index (κ1) is 18.6. The Labute approximate surface area is 163 Å². The summed E-state index contributed by atoms with van der Waals surface area (Å²) in [5, 5.41) is 24.0. The maximum atomic E-state index is 13.4. The fraction of sp³-hybridized carbons (Fsp3) is 0.333. The fourth-order valence-electron chi connectivity index (χ4n) is 3.12. The summed E-state index contributed by atoms with van der Waals surface area (Å²) >= 11 is 6.37. The summed E-state index contributed by atoms with van der Waals surface area (Å²) in [5.74, 6) is 0.0952. The highest BCUT2D eigenvalue weighted by Crippen LogP contribution is 2.29. The Morgan fingerprint density at radius 1 is 1.32 bits per heavy atom. The molecule has 1 unspecified atom stereocenters. The van der Waals surface area contributed by atoms with Gasteiger partial charge in [-0.25, -0.2) is 4.98 Å². The molecule has 4 aromatic rings. The monoisotopic (exact) mass is 403 g/mol. The molecule has 1 atom stereocenters. The van der Waals surface area contributed by atoms with Gasteiger partial charge in [0.1, 0.15) is 23.1 Å². The third kappa shape index (κ3) is 2.70. The molecule has 28 heavy (non-hydrogen) atoms. The van der Waals surface area contributed by atoms with Crippen molar-refractivity contribution in [1.82, 2.24) is 24.1 Å². The van der Waals surface area contributed by atoms with Crippen LogP contribution in [0.1, 0.15) is 32.7 Å². The Kier molecular flexibility index (Phi) is 4.25. The zero-order valence-electron chi connectivity index (χ0n) is 15.4. The Morgan fingerprint density at radius 3 is 2.71 bits per heavy atom. The molecule has 0 amide bonds. The highest BCUT2D eigenvalue weighted by atomic mass is 35.5. The standard InChI is InChI=1S/C18H18ClN5O4/c1-9(7-25)24-13-10(19)5-4-6-11(13)23-8-20-12(14(23)16(24)26)15-21-17(28-22-15)18(2,3)27/h4-6,8-9,25,27H,7H2,1-3H3. The minimum Gasteiger partial charge on any atom is -0.394 e. The number of hydrogen-bond acceptors (Lipinski definition) is 7. The molecule has 0 radical (unpaired) electrons. The van der Waals surface area contributed by atoms with E-state index in [1.54, 1.807) is 29.5 Å². The molecule has 0 aliphatic carbocycles.